The molecule has 2 aromatic rings. The number of hydrogen-bond acceptors (Lipinski definition) is 2. The minimum atomic E-state index is 0.367. The molecule has 0 aliphatic rings. The van der Waals surface area contributed by atoms with Crippen LogP contribution in [0.15, 0.2) is 36.5 Å². The Morgan fingerprint density at radius 2 is 2.06 bits per heavy atom. The third-order valence-electron chi connectivity index (χ3n) is 2.30. The van der Waals surface area contributed by atoms with Gasteiger partial charge in [0.15, 0.2) is 0 Å². The number of hydrogen-bond donors (Lipinski definition) is 0. The number of aryl methyl sites for hydroxylation is 1. The molecule has 1 heterocycles. The van der Waals surface area contributed by atoms with Crippen LogP contribution in [0.5, 0.6) is 11.5 Å². The van der Waals surface area contributed by atoms with Crippen molar-refractivity contribution in [2.24, 2.45) is 0 Å². The van der Waals surface area contributed by atoms with Gasteiger partial charge in [-0.1, -0.05) is 17.7 Å². The molecule has 1 aromatic heterocycles. The first-order chi connectivity index (χ1) is 8.19. The summed E-state index contributed by atoms with van der Waals surface area (Å²) in [4.78, 5) is 4.10. The monoisotopic (exact) mass is 267 g/mol. The lowest BCUT2D eigenvalue weighted by Crippen LogP contribution is -1.90. The molecule has 2 nitrogen and oxygen atoms in total. The molecule has 4 heteroatoms. The van der Waals surface area contributed by atoms with Crippen molar-refractivity contribution in [3.05, 3.63) is 52.8 Å². The van der Waals surface area contributed by atoms with Gasteiger partial charge < -0.3 is 4.74 Å². The van der Waals surface area contributed by atoms with E-state index in [2.05, 4.69) is 4.98 Å². The molecule has 0 atom stereocenters. The summed E-state index contributed by atoms with van der Waals surface area (Å²) >= 11 is 11.6. The van der Waals surface area contributed by atoms with Gasteiger partial charge >= 0.3 is 0 Å². The lowest BCUT2D eigenvalue weighted by atomic mass is 10.2. The van der Waals surface area contributed by atoms with Crippen molar-refractivity contribution >= 4 is 23.2 Å². The standard InChI is InChI=1S/C13H11Cl2NO/c1-9-2-3-10(15)6-13(9)17-12-4-5-16-11(7-12)8-14/h2-7H,8H2,1H3. The zero-order chi connectivity index (χ0) is 12.3. The van der Waals surface area contributed by atoms with E-state index in [4.69, 9.17) is 27.9 Å². The van der Waals surface area contributed by atoms with E-state index in [1.54, 1.807) is 18.3 Å². The molecule has 0 radical (unpaired) electrons. The number of rotatable bonds is 3. The highest BCUT2D eigenvalue weighted by molar-refractivity contribution is 6.30. The average Bonchev–Trinajstić information content (AvgIpc) is 2.34. The Morgan fingerprint density at radius 1 is 1.24 bits per heavy atom. The van der Waals surface area contributed by atoms with Crippen molar-refractivity contribution in [2.75, 3.05) is 0 Å². The number of alkyl halides is 1. The molecule has 0 saturated carbocycles. The van der Waals surface area contributed by atoms with Crippen LogP contribution < -0.4 is 4.74 Å². The maximum atomic E-state index is 5.93. The van der Waals surface area contributed by atoms with Crippen molar-refractivity contribution in [3.63, 3.8) is 0 Å². The van der Waals surface area contributed by atoms with E-state index in [1.807, 2.05) is 25.1 Å². The van der Waals surface area contributed by atoms with Gasteiger partial charge in [0.25, 0.3) is 0 Å². The van der Waals surface area contributed by atoms with E-state index in [1.165, 1.54) is 0 Å². The smallest absolute Gasteiger partial charge is 0.131 e. The third kappa shape index (κ3) is 3.11. The molecule has 0 N–H and O–H groups in total. The van der Waals surface area contributed by atoms with E-state index in [9.17, 15) is 0 Å². The van der Waals surface area contributed by atoms with Crippen LogP contribution in [0, 0.1) is 6.92 Å². The molecule has 1 aromatic carbocycles. The average molecular weight is 268 g/mol. The molecule has 2 rings (SSSR count). The molecule has 0 amide bonds. The van der Waals surface area contributed by atoms with Crippen LogP contribution in [0.4, 0.5) is 0 Å². The Morgan fingerprint density at radius 3 is 2.82 bits per heavy atom. The van der Waals surface area contributed by atoms with Gasteiger partial charge in [-0.15, -0.1) is 11.6 Å². The lowest BCUT2D eigenvalue weighted by molar-refractivity contribution is 0.477. The van der Waals surface area contributed by atoms with Crippen molar-refractivity contribution in [3.8, 4) is 11.5 Å². The molecule has 0 saturated heterocycles. The highest BCUT2D eigenvalue weighted by Crippen LogP contribution is 2.28. The maximum absolute atomic E-state index is 5.93. The third-order valence-corrected chi connectivity index (χ3v) is 2.81. The minimum Gasteiger partial charge on any atom is -0.457 e. The second kappa shape index (κ2) is 5.39. The van der Waals surface area contributed by atoms with Gasteiger partial charge in [-0.2, -0.15) is 0 Å². The Labute approximate surface area is 110 Å². The van der Waals surface area contributed by atoms with E-state index in [-0.39, 0.29) is 0 Å². The van der Waals surface area contributed by atoms with Gasteiger partial charge in [-0.3, -0.25) is 4.98 Å². The number of nitrogens with zero attached hydrogens (tertiary/aromatic N) is 1. The van der Waals surface area contributed by atoms with Crippen LogP contribution in [-0.4, -0.2) is 4.98 Å². The van der Waals surface area contributed by atoms with Crippen molar-refractivity contribution in [1.29, 1.82) is 0 Å². The second-order valence-electron chi connectivity index (χ2n) is 3.63. The summed E-state index contributed by atoms with van der Waals surface area (Å²) in [5, 5.41) is 0.650. The van der Waals surface area contributed by atoms with Gasteiger partial charge in [0.2, 0.25) is 0 Å². The molecular formula is C13H11Cl2NO. The fourth-order valence-corrected chi connectivity index (χ4v) is 1.71. The lowest BCUT2D eigenvalue weighted by Gasteiger charge is -2.09. The van der Waals surface area contributed by atoms with Crippen molar-refractivity contribution in [1.82, 2.24) is 4.98 Å². The maximum Gasteiger partial charge on any atom is 0.131 e. The van der Waals surface area contributed by atoms with E-state index >= 15 is 0 Å². The summed E-state index contributed by atoms with van der Waals surface area (Å²) in [5.74, 6) is 1.82. The first-order valence-corrected chi connectivity index (χ1v) is 6.05. The predicted octanol–water partition coefficient (Wildman–Crippen LogP) is 4.57. The number of halogens is 2. The van der Waals surface area contributed by atoms with E-state index in [0.29, 0.717) is 16.7 Å². The van der Waals surface area contributed by atoms with Gasteiger partial charge in [0, 0.05) is 17.3 Å². The quantitative estimate of drug-likeness (QED) is 0.760. The molecule has 0 fully saturated rings. The Hall–Kier alpha value is -1.25. The molecular weight excluding hydrogens is 257 g/mol. The SMILES string of the molecule is Cc1ccc(Cl)cc1Oc1ccnc(CCl)c1. The van der Waals surface area contributed by atoms with Crippen molar-refractivity contribution < 1.29 is 4.74 Å². The van der Waals surface area contributed by atoms with Crippen molar-refractivity contribution in [2.45, 2.75) is 12.8 Å². The zero-order valence-electron chi connectivity index (χ0n) is 9.28. The van der Waals surface area contributed by atoms with Crippen LogP contribution in [0.3, 0.4) is 0 Å². The first kappa shape index (κ1) is 12.2. The summed E-state index contributed by atoms with van der Waals surface area (Å²) in [6.07, 6.45) is 1.67. The molecule has 17 heavy (non-hydrogen) atoms. The fraction of sp³-hybridized carbons (Fsp3) is 0.154. The first-order valence-electron chi connectivity index (χ1n) is 5.14. The number of pyridine rings is 1. The summed E-state index contributed by atoms with van der Waals surface area (Å²) in [6, 6.07) is 9.14. The van der Waals surface area contributed by atoms with E-state index in [0.717, 1.165) is 17.0 Å². The summed E-state index contributed by atoms with van der Waals surface area (Å²) in [5.41, 5.74) is 1.81. The minimum absolute atomic E-state index is 0.367. The Kier molecular flexibility index (Phi) is 3.87. The van der Waals surface area contributed by atoms with Crippen LogP contribution in [0.1, 0.15) is 11.3 Å². The summed E-state index contributed by atoms with van der Waals surface area (Å²) in [6.45, 7) is 1.97. The van der Waals surface area contributed by atoms with Gasteiger partial charge in [-0.05, 0) is 30.7 Å². The van der Waals surface area contributed by atoms with Crippen LogP contribution in [0.2, 0.25) is 5.02 Å². The molecule has 0 spiro atoms. The van der Waals surface area contributed by atoms with Gasteiger partial charge in [-0.25, -0.2) is 0 Å². The second-order valence-corrected chi connectivity index (χ2v) is 4.33. The number of benzene rings is 1. The summed E-state index contributed by atoms with van der Waals surface area (Å²) in [7, 11) is 0. The largest absolute Gasteiger partial charge is 0.457 e. The number of aromatic nitrogens is 1. The van der Waals surface area contributed by atoms with Crippen LogP contribution >= 0.6 is 23.2 Å². The van der Waals surface area contributed by atoms with Crippen LogP contribution in [0.25, 0.3) is 0 Å². The van der Waals surface area contributed by atoms with Crippen LogP contribution in [-0.2, 0) is 5.88 Å². The zero-order valence-corrected chi connectivity index (χ0v) is 10.8. The fourth-order valence-electron chi connectivity index (χ4n) is 1.40. The highest BCUT2D eigenvalue weighted by atomic mass is 35.5. The molecule has 0 aliphatic carbocycles. The Bertz CT molecular complexity index is 529. The molecule has 0 aliphatic heterocycles. The topological polar surface area (TPSA) is 22.1 Å². The predicted molar refractivity (Wildman–Crippen MR) is 70.1 cm³/mol. The van der Waals surface area contributed by atoms with E-state index < -0.39 is 0 Å². The Balaban J connectivity index is 2.27. The molecule has 0 unspecified atom stereocenters. The van der Waals surface area contributed by atoms with Gasteiger partial charge in [0.05, 0.1) is 11.6 Å². The molecule has 0 bridgehead atoms. The highest BCUT2D eigenvalue weighted by Gasteiger charge is 2.03. The molecule has 88 valence electrons. The normalized spacial score (nSPS) is 10.3. The summed E-state index contributed by atoms with van der Waals surface area (Å²) < 4.78 is 5.75. The number of ether oxygens (including phenoxy) is 1. The van der Waals surface area contributed by atoms with Gasteiger partial charge in [0.1, 0.15) is 11.5 Å².